The van der Waals surface area contributed by atoms with Crippen LogP contribution in [0.2, 0.25) is 4.34 Å². The minimum atomic E-state index is 0.368. The number of rotatable bonds is 7. The third-order valence-corrected chi connectivity index (χ3v) is 4.18. The highest BCUT2D eigenvalue weighted by Gasteiger charge is 2.13. The summed E-state index contributed by atoms with van der Waals surface area (Å²) >= 11 is 7.67. The average Bonchev–Trinajstić information content (AvgIpc) is 3.01. The van der Waals surface area contributed by atoms with E-state index in [2.05, 4.69) is 18.3 Å². The fraction of sp³-hybridized carbons (Fsp3) is 0.429. The molecule has 0 spiro atoms. The van der Waals surface area contributed by atoms with Crippen molar-refractivity contribution in [3.8, 4) is 0 Å². The summed E-state index contributed by atoms with van der Waals surface area (Å²) in [7, 11) is 0. The van der Waals surface area contributed by atoms with Crippen molar-refractivity contribution in [3.63, 3.8) is 0 Å². The normalized spacial score (nSPS) is 12.8. The molecule has 0 aliphatic carbocycles. The zero-order chi connectivity index (χ0) is 12.8. The number of hydrogen-bond donors (Lipinski definition) is 1. The number of hydrogen-bond acceptors (Lipinski definition) is 3. The molecule has 2 rings (SSSR count). The minimum Gasteiger partial charge on any atom is -0.469 e. The molecule has 1 N–H and O–H groups in total. The van der Waals surface area contributed by atoms with E-state index in [9.17, 15) is 0 Å². The molecule has 0 amide bonds. The fourth-order valence-electron chi connectivity index (χ4n) is 1.92. The fourth-order valence-corrected chi connectivity index (χ4v) is 3.09. The third-order valence-electron chi connectivity index (χ3n) is 2.84. The van der Waals surface area contributed by atoms with Gasteiger partial charge in [0.05, 0.1) is 10.6 Å². The molecule has 98 valence electrons. The lowest BCUT2D eigenvalue weighted by Crippen LogP contribution is -2.21. The number of nitrogens with one attached hydrogen (secondary N) is 1. The second kappa shape index (κ2) is 6.98. The molecule has 0 radical (unpaired) electrons. The van der Waals surface area contributed by atoms with E-state index in [1.54, 1.807) is 17.6 Å². The Morgan fingerprint density at radius 3 is 2.89 bits per heavy atom. The van der Waals surface area contributed by atoms with Crippen LogP contribution in [0, 0.1) is 0 Å². The highest BCUT2D eigenvalue weighted by atomic mass is 35.5. The molecule has 2 aromatic rings. The number of aryl methyl sites for hydroxylation is 1. The van der Waals surface area contributed by atoms with E-state index in [-0.39, 0.29) is 0 Å². The summed E-state index contributed by atoms with van der Waals surface area (Å²) in [4.78, 5) is 1.31. The van der Waals surface area contributed by atoms with Gasteiger partial charge in [-0.25, -0.2) is 0 Å². The van der Waals surface area contributed by atoms with Gasteiger partial charge < -0.3 is 9.73 Å². The topological polar surface area (TPSA) is 25.2 Å². The summed E-state index contributed by atoms with van der Waals surface area (Å²) in [6.07, 6.45) is 4.84. The maximum absolute atomic E-state index is 6.01. The first kappa shape index (κ1) is 13.7. The molecule has 0 fully saturated rings. The Hall–Kier alpha value is -0.770. The van der Waals surface area contributed by atoms with Gasteiger partial charge >= 0.3 is 0 Å². The van der Waals surface area contributed by atoms with Crippen molar-refractivity contribution in [2.75, 3.05) is 6.54 Å². The first-order valence-corrected chi connectivity index (χ1v) is 7.50. The molecular weight excluding hydrogens is 266 g/mol. The van der Waals surface area contributed by atoms with Crippen molar-refractivity contribution in [1.29, 1.82) is 0 Å². The third kappa shape index (κ3) is 3.87. The first-order chi connectivity index (χ1) is 8.79. The monoisotopic (exact) mass is 283 g/mol. The Kier molecular flexibility index (Phi) is 5.29. The Morgan fingerprint density at radius 2 is 2.28 bits per heavy atom. The Bertz CT molecular complexity index is 452. The van der Waals surface area contributed by atoms with Crippen LogP contribution in [0.5, 0.6) is 0 Å². The minimum absolute atomic E-state index is 0.368. The number of thiophene rings is 1. The van der Waals surface area contributed by atoms with Gasteiger partial charge in [-0.3, -0.25) is 0 Å². The maximum Gasteiger partial charge on any atom is 0.103 e. The van der Waals surface area contributed by atoms with Gasteiger partial charge in [0, 0.05) is 17.3 Å². The second-order valence-electron chi connectivity index (χ2n) is 4.27. The van der Waals surface area contributed by atoms with Crippen molar-refractivity contribution in [3.05, 3.63) is 45.5 Å². The molecule has 1 unspecified atom stereocenters. The molecule has 0 saturated carbocycles. The Labute approximate surface area is 117 Å². The summed E-state index contributed by atoms with van der Waals surface area (Å²) in [5.41, 5.74) is 0. The highest BCUT2D eigenvalue weighted by Crippen LogP contribution is 2.29. The molecule has 0 bridgehead atoms. The molecule has 2 heterocycles. The SMILES string of the molecule is CCCNC(CCc1ccco1)c1ccc(Cl)s1. The summed E-state index contributed by atoms with van der Waals surface area (Å²) in [5.74, 6) is 1.04. The van der Waals surface area contributed by atoms with Crippen LogP contribution in [0.3, 0.4) is 0 Å². The van der Waals surface area contributed by atoms with Gasteiger partial charge in [0.2, 0.25) is 0 Å². The summed E-state index contributed by atoms with van der Waals surface area (Å²) in [5, 5.41) is 3.57. The quantitative estimate of drug-likeness (QED) is 0.799. The summed E-state index contributed by atoms with van der Waals surface area (Å²) < 4.78 is 6.23. The predicted octanol–water partition coefficient (Wildman–Crippen LogP) is 4.67. The molecule has 0 aliphatic heterocycles. The summed E-state index contributed by atoms with van der Waals surface area (Å²) in [6, 6.07) is 8.41. The van der Waals surface area contributed by atoms with Gasteiger partial charge in [-0.15, -0.1) is 11.3 Å². The van der Waals surface area contributed by atoms with Gasteiger partial charge in [0.15, 0.2) is 0 Å². The lowest BCUT2D eigenvalue weighted by molar-refractivity contribution is 0.456. The molecule has 2 nitrogen and oxygen atoms in total. The van der Waals surface area contributed by atoms with E-state index < -0.39 is 0 Å². The molecule has 1 atom stereocenters. The zero-order valence-corrected chi connectivity index (χ0v) is 12.1. The van der Waals surface area contributed by atoms with E-state index in [0.717, 1.165) is 35.9 Å². The van der Waals surface area contributed by atoms with Crippen LogP contribution < -0.4 is 5.32 Å². The second-order valence-corrected chi connectivity index (χ2v) is 6.01. The smallest absolute Gasteiger partial charge is 0.103 e. The predicted molar refractivity (Wildman–Crippen MR) is 77.4 cm³/mol. The van der Waals surface area contributed by atoms with E-state index in [0.29, 0.717) is 6.04 Å². The van der Waals surface area contributed by atoms with E-state index in [1.165, 1.54) is 4.88 Å². The molecule has 4 heteroatoms. The number of furan rings is 1. The first-order valence-electron chi connectivity index (χ1n) is 6.30. The molecule has 18 heavy (non-hydrogen) atoms. The van der Waals surface area contributed by atoms with E-state index in [1.807, 2.05) is 18.2 Å². The van der Waals surface area contributed by atoms with Crippen molar-refractivity contribution in [2.45, 2.75) is 32.2 Å². The van der Waals surface area contributed by atoms with Crippen molar-refractivity contribution < 1.29 is 4.42 Å². The summed E-state index contributed by atoms with van der Waals surface area (Å²) in [6.45, 7) is 3.20. The largest absolute Gasteiger partial charge is 0.469 e. The Morgan fingerprint density at radius 1 is 1.39 bits per heavy atom. The maximum atomic E-state index is 6.01. The van der Waals surface area contributed by atoms with Crippen LogP contribution in [0.4, 0.5) is 0 Å². The highest BCUT2D eigenvalue weighted by molar-refractivity contribution is 7.16. The molecule has 0 aromatic carbocycles. The molecule has 0 saturated heterocycles. The van der Waals surface area contributed by atoms with E-state index in [4.69, 9.17) is 16.0 Å². The average molecular weight is 284 g/mol. The van der Waals surface area contributed by atoms with Gasteiger partial charge in [0.25, 0.3) is 0 Å². The van der Waals surface area contributed by atoms with Crippen LogP contribution in [-0.4, -0.2) is 6.54 Å². The van der Waals surface area contributed by atoms with Crippen LogP contribution >= 0.6 is 22.9 Å². The molecular formula is C14H18ClNOS. The van der Waals surface area contributed by atoms with Gasteiger partial charge in [-0.2, -0.15) is 0 Å². The van der Waals surface area contributed by atoms with Crippen LogP contribution in [0.15, 0.2) is 34.9 Å². The van der Waals surface area contributed by atoms with Crippen LogP contribution in [0.1, 0.15) is 36.4 Å². The van der Waals surface area contributed by atoms with Crippen LogP contribution in [0.25, 0.3) is 0 Å². The van der Waals surface area contributed by atoms with Crippen LogP contribution in [-0.2, 0) is 6.42 Å². The van der Waals surface area contributed by atoms with Crippen molar-refractivity contribution in [2.24, 2.45) is 0 Å². The van der Waals surface area contributed by atoms with Crippen molar-refractivity contribution in [1.82, 2.24) is 5.32 Å². The van der Waals surface area contributed by atoms with Gasteiger partial charge in [-0.05, 0) is 43.7 Å². The lowest BCUT2D eigenvalue weighted by Gasteiger charge is -2.16. The van der Waals surface area contributed by atoms with E-state index >= 15 is 0 Å². The molecule has 0 aliphatic rings. The molecule has 2 aromatic heterocycles. The number of halogens is 1. The van der Waals surface area contributed by atoms with Gasteiger partial charge in [0.1, 0.15) is 5.76 Å². The van der Waals surface area contributed by atoms with Crippen molar-refractivity contribution >= 4 is 22.9 Å². The van der Waals surface area contributed by atoms with Gasteiger partial charge in [-0.1, -0.05) is 18.5 Å². The Balaban J connectivity index is 1.96. The lowest BCUT2D eigenvalue weighted by atomic mass is 10.1. The standard InChI is InChI=1S/C14H18ClNOS/c1-2-9-16-12(13-7-8-14(15)18-13)6-5-11-4-3-10-17-11/h3-4,7-8,10,12,16H,2,5-6,9H2,1H3. The zero-order valence-electron chi connectivity index (χ0n) is 10.5.